The number of carboxylic acid groups (broad SMARTS) is 1. The Morgan fingerprint density at radius 1 is 0.889 bits per heavy atom. The molecule has 0 spiro atoms. The van der Waals surface area contributed by atoms with Crippen LogP contribution in [-0.4, -0.2) is 70.1 Å². The molecule has 10 nitrogen and oxygen atoms in total. The second kappa shape index (κ2) is 15.4. The van der Waals surface area contributed by atoms with Crippen molar-refractivity contribution in [2.24, 2.45) is 17.6 Å². The zero-order chi connectivity index (χ0) is 27.4. The van der Waals surface area contributed by atoms with Crippen molar-refractivity contribution in [2.45, 2.75) is 71.1 Å². The molecule has 4 unspecified atom stereocenters. The van der Waals surface area contributed by atoms with Gasteiger partial charge >= 0.3 is 5.97 Å². The summed E-state index contributed by atoms with van der Waals surface area (Å²) in [7, 11) is 0. The number of carbonyl (C=O) groups excluding carboxylic acids is 3. The van der Waals surface area contributed by atoms with Gasteiger partial charge in [-0.2, -0.15) is 11.8 Å². The third-order valence-corrected chi connectivity index (χ3v) is 6.24. The Hall–Kier alpha value is -2.79. The van der Waals surface area contributed by atoms with E-state index in [9.17, 15) is 29.4 Å². The first-order chi connectivity index (χ1) is 16.8. The fourth-order valence-electron chi connectivity index (χ4n) is 3.39. The van der Waals surface area contributed by atoms with Gasteiger partial charge in [-0.25, -0.2) is 4.79 Å². The summed E-state index contributed by atoms with van der Waals surface area (Å²) in [5.41, 5.74) is 6.54. The molecular formula is C25H40N4O6S. The van der Waals surface area contributed by atoms with Gasteiger partial charge in [0.05, 0.1) is 6.04 Å². The molecule has 0 heterocycles. The van der Waals surface area contributed by atoms with Gasteiger partial charge in [0.25, 0.3) is 0 Å². The van der Waals surface area contributed by atoms with Crippen molar-refractivity contribution in [3.63, 3.8) is 0 Å². The lowest BCUT2D eigenvalue weighted by molar-refractivity contribution is -0.142. The number of nitrogens with two attached hydrogens (primary N) is 1. The molecule has 0 saturated carbocycles. The van der Waals surface area contributed by atoms with Crippen LogP contribution >= 0.6 is 11.8 Å². The van der Waals surface area contributed by atoms with Gasteiger partial charge in [-0.05, 0) is 54.4 Å². The minimum atomic E-state index is -1.23. The van der Waals surface area contributed by atoms with E-state index >= 15 is 0 Å². The van der Waals surface area contributed by atoms with Crippen molar-refractivity contribution >= 4 is 35.5 Å². The number of carboxylic acids is 1. The molecule has 36 heavy (non-hydrogen) atoms. The van der Waals surface area contributed by atoms with Gasteiger partial charge in [0, 0.05) is 6.42 Å². The van der Waals surface area contributed by atoms with Crippen molar-refractivity contribution in [3.8, 4) is 5.75 Å². The second-order valence-electron chi connectivity index (χ2n) is 9.57. The summed E-state index contributed by atoms with van der Waals surface area (Å²) >= 11 is 1.52. The maximum Gasteiger partial charge on any atom is 0.326 e. The summed E-state index contributed by atoms with van der Waals surface area (Å²) in [6.45, 7) is 7.38. The highest BCUT2D eigenvalue weighted by Gasteiger charge is 2.31. The molecule has 7 N–H and O–H groups in total. The Bertz CT molecular complexity index is 878. The van der Waals surface area contributed by atoms with E-state index in [2.05, 4.69) is 16.0 Å². The number of phenols is 1. The predicted molar refractivity (Wildman–Crippen MR) is 141 cm³/mol. The van der Waals surface area contributed by atoms with Gasteiger partial charge in [-0.3, -0.25) is 14.4 Å². The van der Waals surface area contributed by atoms with Crippen molar-refractivity contribution in [1.82, 2.24) is 16.0 Å². The van der Waals surface area contributed by atoms with E-state index < -0.39 is 47.9 Å². The van der Waals surface area contributed by atoms with Crippen LogP contribution in [0.15, 0.2) is 24.3 Å². The summed E-state index contributed by atoms with van der Waals surface area (Å²) in [5.74, 6) is -2.27. The van der Waals surface area contributed by atoms with Gasteiger partial charge in [0.1, 0.15) is 23.9 Å². The third-order valence-electron chi connectivity index (χ3n) is 5.60. The van der Waals surface area contributed by atoms with Crippen LogP contribution in [0.25, 0.3) is 0 Å². The monoisotopic (exact) mass is 524 g/mol. The number of thioether (sulfide) groups is 1. The number of hydrogen-bond acceptors (Lipinski definition) is 7. The molecule has 1 aromatic carbocycles. The van der Waals surface area contributed by atoms with Crippen LogP contribution in [-0.2, 0) is 25.6 Å². The molecule has 0 aliphatic rings. The van der Waals surface area contributed by atoms with Gasteiger partial charge in [0.2, 0.25) is 17.7 Å². The topological polar surface area (TPSA) is 171 Å². The molecule has 0 fully saturated rings. The van der Waals surface area contributed by atoms with E-state index in [1.165, 1.54) is 23.9 Å². The molecule has 11 heteroatoms. The zero-order valence-electron chi connectivity index (χ0n) is 21.6. The Morgan fingerprint density at radius 2 is 1.42 bits per heavy atom. The standard InChI is InChI=1S/C25H40N4O6S/c1-14(2)12-19(23(32)29-20(25(34)35)13-16-6-8-17(30)9-7-16)28-22(31)18(10-11-36-5)27-24(33)21(26)15(3)4/h6-9,14-15,18-21,30H,10-13,26H2,1-5H3,(H,27,33)(H,28,31)(H,29,32)(H,34,35). The van der Waals surface area contributed by atoms with E-state index in [4.69, 9.17) is 5.73 Å². The van der Waals surface area contributed by atoms with Crippen LogP contribution in [0.2, 0.25) is 0 Å². The van der Waals surface area contributed by atoms with Crippen LogP contribution in [0, 0.1) is 11.8 Å². The second-order valence-corrected chi connectivity index (χ2v) is 10.6. The number of nitrogens with one attached hydrogen (secondary N) is 3. The number of amides is 3. The van der Waals surface area contributed by atoms with Gasteiger partial charge in [0.15, 0.2) is 0 Å². The lowest BCUT2D eigenvalue weighted by Crippen LogP contribution is -2.58. The van der Waals surface area contributed by atoms with Crippen molar-refractivity contribution < 1.29 is 29.4 Å². The summed E-state index contributed by atoms with van der Waals surface area (Å²) in [5, 5.41) is 27.0. The summed E-state index contributed by atoms with van der Waals surface area (Å²) < 4.78 is 0. The summed E-state index contributed by atoms with van der Waals surface area (Å²) in [4.78, 5) is 50.5. The number of hydrogen-bond donors (Lipinski definition) is 6. The number of carbonyl (C=O) groups is 4. The van der Waals surface area contributed by atoms with Gasteiger partial charge < -0.3 is 31.9 Å². The van der Waals surface area contributed by atoms with Gasteiger partial charge in [-0.15, -0.1) is 0 Å². The first kappa shape index (κ1) is 31.2. The fraction of sp³-hybridized carbons (Fsp3) is 0.600. The molecule has 0 aliphatic heterocycles. The van der Waals surface area contributed by atoms with E-state index in [-0.39, 0.29) is 30.4 Å². The van der Waals surface area contributed by atoms with Crippen molar-refractivity contribution in [1.29, 1.82) is 0 Å². The Labute approximate surface area is 217 Å². The number of rotatable bonds is 15. The number of aliphatic carboxylic acids is 1. The Kier molecular flexibility index (Phi) is 13.3. The summed E-state index contributed by atoms with van der Waals surface area (Å²) in [6, 6.07) is 2.14. The SMILES string of the molecule is CSCCC(NC(=O)C(N)C(C)C)C(=O)NC(CC(C)C)C(=O)NC(Cc1ccc(O)cc1)C(=O)O. The molecule has 0 aliphatic carbocycles. The third kappa shape index (κ3) is 10.9. The zero-order valence-corrected chi connectivity index (χ0v) is 22.4. The van der Waals surface area contributed by atoms with Crippen molar-refractivity contribution in [3.05, 3.63) is 29.8 Å². The Morgan fingerprint density at radius 3 is 1.92 bits per heavy atom. The molecule has 0 radical (unpaired) electrons. The van der Waals surface area contributed by atoms with Crippen LogP contribution < -0.4 is 21.7 Å². The lowest BCUT2D eigenvalue weighted by atomic mass is 10.0. The van der Waals surface area contributed by atoms with E-state index in [1.54, 1.807) is 26.0 Å². The largest absolute Gasteiger partial charge is 0.508 e. The van der Waals surface area contributed by atoms with Crippen molar-refractivity contribution in [2.75, 3.05) is 12.0 Å². The highest BCUT2D eigenvalue weighted by atomic mass is 32.2. The quantitative estimate of drug-likeness (QED) is 0.199. The van der Waals surface area contributed by atoms with E-state index in [1.807, 2.05) is 20.1 Å². The number of phenolic OH excluding ortho intramolecular Hbond substituents is 1. The predicted octanol–water partition coefficient (Wildman–Crippen LogP) is 1.26. The molecular weight excluding hydrogens is 484 g/mol. The molecule has 3 amide bonds. The minimum Gasteiger partial charge on any atom is -0.508 e. The highest BCUT2D eigenvalue weighted by molar-refractivity contribution is 7.98. The number of benzene rings is 1. The normalized spacial score (nSPS) is 14.6. The molecule has 4 atom stereocenters. The van der Waals surface area contributed by atoms with E-state index in [0.29, 0.717) is 17.7 Å². The average molecular weight is 525 g/mol. The molecule has 202 valence electrons. The fourth-order valence-corrected chi connectivity index (χ4v) is 3.86. The lowest BCUT2D eigenvalue weighted by Gasteiger charge is -2.26. The first-order valence-corrected chi connectivity index (χ1v) is 13.4. The smallest absolute Gasteiger partial charge is 0.326 e. The number of aromatic hydroxyl groups is 1. The first-order valence-electron chi connectivity index (χ1n) is 12.0. The molecule has 0 saturated heterocycles. The minimum absolute atomic E-state index is 0.00317. The maximum atomic E-state index is 13.1. The van der Waals surface area contributed by atoms with Crippen LogP contribution in [0.3, 0.4) is 0 Å². The molecule has 1 aromatic rings. The molecule has 0 bridgehead atoms. The highest BCUT2D eigenvalue weighted by Crippen LogP contribution is 2.13. The Balaban J connectivity index is 3.00. The van der Waals surface area contributed by atoms with E-state index in [0.717, 1.165) is 0 Å². The average Bonchev–Trinajstić information content (AvgIpc) is 2.80. The maximum absolute atomic E-state index is 13.1. The van der Waals surface area contributed by atoms with Crippen LogP contribution in [0.4, 0.5) is 0 Å². The van der Waals surface area contributed by atoms with Gasteiger partial charge in [-0.1, -0.05) is 39.8 Å². The molecule has 0 aromatic heterocycles. The molecule has 1 rings (SSSR count). The van der Waals surface area contributed by atoms with Crippen LogP contribution in [0.5, 0.6) is 5.75 Å². The van der Waals surface area contributed by atoms with Crippen LogP contribution in [0.1, 0.15) is 46.1 Å². The summed E-state index contributed by atoms with van der Waals surface area (Å²) in [6.07, 6.45) is 2.50.